The van der Waals surface area contributed by atoms with Gasteiger partial charge in [0.2, 0.25) is 0 Å². The van der Waals surface area contributed by atoms with E-state index >= 15 is 0 Å². The molecular formula is C11H19N3. The van der Waals surface area contributed by atoms with E-state index in [1.807, 2.05) is 0 Å². The minimum Gasteiger partial charge on any atom is -0.325 e. The molecule has 0 saturated heterocycles. The first-order chi connectivity index (χ1) is 6.85. The van der Waals surface area contributed by atoms with Crippen LogP contribution in [-0.4, -0.2) is 9.78 Å². The summed E-state index contributed by atoms with van der Waals surface area (Å²) in [6, 6.07) is 2.19. The first kappa shape index (κ1) is 9.71. The Balaban J connectivity index is 2.25. The van der Waals surface area contributed by atoms with Crippen LogP contribution < -0.4 is 5.73 Å². The highest BCUT2D eigenvalue weighted by Gasteiger charge is 2.21. The molecule has 1 aromatic heterocycles. The van der Waals surface area contributed by atoms with Gasteiger partial charge >= 0.3 is 0 Å². The number of hydrogen-bond acceptors (Lipinski definition) is 2. The smallest absolute Gasteiger partial charge is 0.0763 e. The molecule has 3 heteroatoms. The molecule has 0 spiro atoms. The van der Waals surface area contributed by atoms with Crippen LogP contribution in [0, 0.1) is 0 Å². The van der Waals surface area contributed by atoms with Crippen molar-refractivity contribution in [2.45, 2.75) is 51.6 Å². The molecule has 1 aromatic rings. The molecule has 1 aliphatic rings. The van der Waals surface area contributed by atoms with Gasteiger partial charge in [-0.2, -0.15) is 5.10 Å². The van der Waals surface area contributed by atoms with Gasteiger partial charge in [0.1, 0.15) is 0 Å². The minimum atomic E-state index is 0.562. The van der Waals surface area contributed by atoms with Gasteiger partial charge < -0.3 is 5.73 Å². The number of nitrogens with zero attached hydrogens (tertiary/aromatic N) is 2. The van der Waals surface area contributed by atoms with Crippen LogP contribution in [0.15, 0.2) is 6.07 Å². The molecule has 0 amide bonds. The topological polar surface area (TPSA) is 43.8 Å². The van der Waals surface area contributed by atoms with Crippen LogP contribution in [0.3, 0.4) is 0 Å². The highest BCUT2D eigenvalue weighted by molar-refractivity contribution is 5.16. The summed E-state index contributed by atoms with van der Waals surface area (Å²) in [5, 5.41) is 4.48. The summed E-state index contributed by atoms with van der Waals surface area (Å²) in [5.74, 6) is 0.739. The molecule has 14 heavy (non-hydrogen) atoms. The molecule has 3 nitrogen and oxygen atoms in total. The maximum atomic E-state index is 5.61. The summed E-state index contributed by atoms with van der Waals surface area (Å²) in [6.07, 6.45) is 5.40. The molecular weight excluding hydrogens is 174 g/mol. The lowest BCUT2D eigenvalue weighted by Crippen LogP contribution is -2.06. The fourth-order valence-corrected chi connectivity index (χ4v) is 2.39. The summed E-state index contributed by atoms with van der Waals surface area (Å²) in [5.41, 5.74) is 8.05. The van der Waals surface area contributed by atoms with Crippen molar-refractivity contribution >= 4 is 0 Å². The van der Waals surface area contributed by atoms with E-state index in [1.165, 1.54) is 31.4 Å². The van der Waals surface area contributed by atoms with E-state index < -0.39 is 0 Å². The third-order valence-corrected chi connectivity index (χ3v) is 3.14. The number of aryl methyl sites for hydroxylation is 1. The molecule has 1 saturated carbocycles. The van der Waals surface area contributed by atoms with Gasteiger partial charge in [-0.15, -0.1) is 0 Å². The zero-order chi connectivity index (χ0) is 9.97. The Morgan fingerprint density at radius 3 is 2.79 bits per heavy atom. The van der Waals surface area contributed by atoms with Gasteiger partial charge in [-0.1, -0.05) is 12.8 Å². The van der Waals surface area contributed by atoms with E-state index in [9.17, 15) is 0 Å². The van der Waals surface area contributed by atoms with Crippen molar-refractivity contribution in [2.24, 2.45) is 5.73 Å². The Hall–Kier alpha value is -0.830. The maximum absolute atomic E-state index is 5.61. The predicted molar refractivity (Wildman–Crippen MR) is 57.0 cm³/mol. The minimum absolute atomic E-state index is 0.562. The maximum Gasteiger partial charge on any atom is 0.0763 e. The first-order valence-electron chi connectivity index (χ1n) is 5.61. The SMILES string of the molecule is CCn1nc(CN)cc1C1CCCC1. The van der Waals surface area contributed by atoms with Crippen LogP contribution in [0.1, 0.15) is 49.9 Å². The summed E-state index contributed by atoms with van der Waals surface area (Å²) < 4.78 is 2.12. The average Bonchev–Trinajstić information content (AvgIpc) is 2.85. The van der Waals surface area contributed by atoms with Crippen molar-refractivity contribution in [1.29, 1.82) is 0 Å². The van der Waals surface area contributed by atoms with Crippen LogP contribution in [0.25, 0.3) is 0 Å². The molecule has 1 aliphatic carbocycles. The number of rotatable bonds is 3. The average molecular weight is 193 g/mol. The lowest BCUT2D eigenvalue weighted by atomic mass is 10.0. The van der Waals surface area contributed by atoms with Gasteiger partial charge in [0.25, 0.3) is 0 Å². The van der Waals surface area contributed by atoms with Crippen LogP contribution in [-0.2, 0) is 13.1 Å². The lowest BCUT2D eigenvalue weighted by molar-refractivity contribution is 0.564. The van der Waals surface area contributed by atoms with Crippen molar-refractivity contribution in [3.63, 3.8) is 0 Å². The third kappa shape index (κ3) is 1.69. The molecule has 0 atom stereocenters. The summed E-state index contributed by atoms with van der Waals surface area (Å²) in [6.45, 7) is 3.67. The van der Waals surface area contributed by atoms with E-state index in [1.54, 1.807) is 0 Å². The quantitative estimate of drug-likeness (QED) is 0.798. The number of hydrogen-bond donors (Lipinski definition) is 1. The van der Waals surface area contributed by atoms with Gasteiger partial charge in [0.05, 0.1) is 5.69 Å². The van der Waals surface area contributed by atoms with Crippen molar-refractivity contribution in [3.05, 3.63) is 17.5 Å². The number of nitrogens with two attached hydrogens (primary N) is 1. The van der Waals surface area contributed by atoms with E-state index in [0.717, 1.165) is 18.2 Å². The van der Waals surface area contributed by atoms with Crippen molar-refractivity contribution < 1.29 is 0 Å². The highest BCUT2D eigenvalue weighted by atomic mass is 15.3. The van der Waals surface area contributed by atoms with Crippen molar-refractivity contribution in [1.82, 2.24) is 9.78 Å². The largest absolute Gasteiger partial charge is 0.325 e. The summed E-state index contributed by atoms with van der Waals surface area (Å²) >= 11 is 0. The zero-order valence-electron chi connectivity index (χ0n) is 8.87. The van der Waals surface area contributed by atoms with E-state index in [2.05, 4.69) is 22.8 Å². The molecule has 0 unspecified atom stereocenters. The van der Waals surface area contributed by atoms with Crippen LogP contribution in [0.5, 0.6) is 0 Å². The molecule has 1 fully saturated rings. The van der Waals surface area contributed by atoms with Crippen LogP contribution in [0.2, 0.25) is 0 Å². The van der Waals surface area contributed by atoms with Gasteiger partial charge in [0.15, 0.2) is 0 Å². The molecule has 2 rings (SSSR count). The Kier molecular flexibility index (Phi) is 2.87. The zero-order valence-corrected chi connectivity index (χ0v) is 8.87. The molecule has 0 aromatic carbocycles. The number of aromatic nitrogens is 2. The fraction of sp³-hybridized carbons (Fsp3) is 0.727. The van der Waals surface area contributed by atoms with Gasteiger partial charge in [-0.25, -0.2) is 0 Å². The van der Waals surface area contributed by atoms with Gasteiger partial charge in [0, 0.05) is 24.7 Å². The van der Waals surface area contributed by atoms with E-state index in [-0.39, 0.29) is 0 Å². The molecule has 2 N–H and O–H groups in total. The summed E-state index contributed by atoms with van der Waals surface area (Å²) in [4.78, 5) is 0. The van der Waals surface area contributed by atoms with Crippen LogP contribution in [0.4, 0.5) is 0 Å². The lowest BCUT2D eigenvalue weighted by Gasteiger charge is -2.10. The second kappa shape index (κ2) is 4.13. The molecule has 78 valence electrons. The van der Waals surface area contributed by atoms with Gasteiger partial charge in [-0.3, -0.25) is 4.68 Å². The Morgan fingerprint density at radius 1 is 1.50 bits per heavy atom. The van der Waals surface area contributed by atoms with Crippen molar-refractivity contribution in [3.8, 4) is 0 Å². The normalized spacial score (nSPS) is 17.9. The molecule has 1 heterocycles. The Morgan fingerprint density at radius 2 is 2.21 bits per heavy atom. The third-order valence-electron chi connectivity index (χ3n) is 3.14. The van der Waals surface area contributed by atoms with Crippen molar-refractivity contribution in [2.75, 3.05) is 0 Å². The Labute approximate surface area is 85.3 Å². The predicted octanol–water partition coefficient (Wildman–Crippen LogP) is 2.02. The second-order valence-corrected chi connectivity index (χ2v) is 4.06. The molecule has 0 bridgehead atoms. The first-order valence-corrected chi connectivity index (χ1v) is 5.61. The Bertz CT molecular complexity index is 297. The summed E-state index contributed by atoms with van der Waals surface area (Å²) in [7, 11) is 0. The second-order valence-electron chi connectivity index (χ2n) is 4.06. The monoisotopic (exact) mass is 193 g/mol. The van der Waals surface area contributed by atoms with Gasteiger partial charge in [-0.05, 0) is 25.8 Å². The van der Waals surface area contributed by atoms with E-state index in [0.29, 0.717) is 6.54 Å². The fourth-order valence-electron chi connectivity index (χ4n) is 2.39. The standard InChI is InChI=1S/C11H19N3/c1-2-14-11(7-10(8-12)13-14)9-5-3-4-6-9/h7,9H,2-6,8,12H2,1H3. The molecule has 0 radical (unpaired) electrons. The highest BCUT2D eigenvalue weighted by Crippen LogP contribution is 2.34. The molecule has 0 aliphatic heterocycles. The van der Waals surface area contributed by atoms with E-state index in [4.69, 9.17) is 5.73 Å². The van der Waals surface area contributed by atoms with Crippen LogP contribution >= 0.6 is 0 Å².